The molecule has 0 heterocycles. The van der Waals surface area contributed by atoms with Gasteiger partial charge in [0.05, 0.1) is 4.92 Å². The van der Waals surface area contributed by atoms with Crippen molar-refractivity contribution in [2.45, 2.75) is 19.4 Å². The minimum Gasteiger partial charge on any atom is -0.508 e. The highest BCUT2D eigenvalue weighted by Crippen LogP contribution is 2.23. The summed E-state index contributed by atoms with van der Waals surface area (Å²) in [6, 6.07) is 3.17. The van der Waals surface area contributed by atoms with Crippen LogP contribution in [0.4, 0.5) is 5.69 Å². The van der Waals surface area contributed by atoms with E-state index in [4.69, 9.17) is 4.74 Å². The Morgan fingerprint density at radius 1 is 1.58 bits per heavy atom. The summed E-state index contributed by atoms with van der Waals surface area (Å²) in [4.78, 5) is 22.1. The van der Waals surface area contributed by atoms with E-state index in [0.29, 0.717) is 13.0 Å². The Morgan fingerprint density at radius 3 is 2.84 bits per heavy atom. The van der Waals surface area contributed by atoms with Gasteiger partial charge in [0.2, 0.25) is 0 Å². The van der Waals surface area contributed by atoms with E-state index in [2.05, 4.69) is 5.32 Å². The van der Waals surface area contributed by atoms with Crippen LogP contribution in [0.2, 0.25) is 0 Å². The monoisotopic (exact) mass is 268 g/mol. The number of hydrogen-bond donors (Lipinski definition) is 2. The van der Waals surface area contributed by atoms with E-state index < -0.39 is 10.8 Å². The van der Waals surface area contributed by atoms with Crippen LogP contribution in [0.1, 0.15) is 23.7 Å². The molecule has 0 spiro atoms. The minimum absolute atomic E-state index is 0.158. The zero-order chi connectivity index (χ0) is 14.4. The van der Waals surface area contributed by atoms with Crippen LogP contribution in [-0.2, 0) is 4.74 Å². The number of phenols is 1. The predicted molar refractivity (Wildman–Crippen MR) is 68.2 cm³/mol. The molecule has 0 aliphatic carbocycles. The number of phenolic OH excluding ortho intramolecular Hbond substituents is 1. The van der Waals surface area contributed by atoms with E-state index in [1.165, 1.54) is 6.07 Å². The van der Waals surface area contributed by atoms with E-state index in [1.807, 2.05) is 0 Å². The molecule has 1 amide bonds. The topological polar surface area (TPSA) is 102 Å². The molecule has 1 aromatic rings. The fourth-order valence-corrected chi connectivity index (χ4v) is 1.53. The van der Waals surface area contributed by atoms with Crippen LogP contribution in [0.15, 0.2) is 18.2 Å². The normalized spacial score (nSPS) is 11.9. The van der Waals surface area contributed by atoms with E-state index in [0.717, 1.165) is 12.1 Å². The first kappa shape index (κ1) is 14.9. The number of benzene rings is 1. The molecular weight excluding hydrogens is 252 g/mol. The van der Waals surface area contributed by atoms with Gasteiger partial charge >= 0.3 is 0 Å². The molecular formula is C12H16N2O5. The molecule has 0 fully saturated rings. The lowest BCUT2D eigenvalue weighted by Gasteiger charge is -2.13. The summed E-state index contributed by atoms with van der Waals surface area (Å²) in [7, 11) is 1.55. The highest BCUT2D eigenvalue weighted by molar-refractivity contribution is 5.98. The molecule has 104 valence electrons. The molecule has 1 unspecified atom stereocenters. The number of carbonyl (C=O) groups excluding carboxylic acids is 1. The Balaban J connectivity index is 2.86. The number of methoxy groups -OCH3 is 1. The van der Waals surface area contributed by atoms with Crippen molar-refractivity contribution in [1.82, 2.24) is 5.32 Å². The zero-order valence-electron chi connectivity index (χ0n) is 10.8. The highest BCUT2D eigenvalue weighted by atomic mass is 16.6. The summed E-state index contributed by atoms with van der Waals surface area (Å²) in [5.41, 5.74) is -0.497. The number of nitrogens with zero attached hydrogens (tertiary/aromatic N) is 1. The number of rotatable bonds is 6. The Morgan fingerprint density at radius 2 is 2.26 bits per heavy atom. The van der Waals surface area contributed by atoms with E-state index >= 15 is 0 Å². The van der Waals surface area contributed by atoms with Crippen molar-refractivity contribution >= 4 is 11.6 Å². The molecule has 0 aliphatic rings. The van der Waals surface area contributed by atoms with Gasteiger partial charge in [0.1, 0.15) is 11.3 Å². The summed E-state index contributed by atoms with van der Waals surface area (Å²) >= 11 is 0. The molecule has 0 radical (unpaired) electrons. The smallest absolute Gasteiger partial charge is 0.282 e. The third-order valence-corrected chi connectivity index (χ3v) is 2.55. The number of amides is 1. The number of nitro benzene ring substituents is 1. The van der Waals surface area contributed by atoms with Gasteiger partial charge in [-0.2, -0.15) is 0 Å². The number of carbonyl (C=O) groups is 1. The summed E-state index contributed by atoms with van der Waals surface area (Å²) < 4.78 is 4.88. The van der Waals surface area contributed by atoms with Gasteiger partial charge in [0, 0.05) is 25.8 Å². The first-order chi connectivity index (χ1) is 8.95. The molecule has 0 saturated heterocycles. The second-order valence-electron chi connectivity index (χ2n) is 4.11. The van der Waals surface area contributed by atoms with Crippen molar-refractivity contribution in [2.24, 2.45) is 0 Å². The molecule has 0 saturated carbocycles. The number of ether oxygens (including phenoxy) is 1. The molecule has 7 nitrogen and oxygen atoms in total. The van der Waals surface area contributed by atoms with Crippen molar-refractivity contribution in [3.05, 3.63) is 33.9 Å². The van der Waals surface area contributed by atoms with E-state index in [1.54, 1.807) is 14.0 Å². The van der Waals surface area contributed by atoms with Crippen LogP contribution >= 0.6 is 0 Å². The van der Waals surface area contributed by atoms with E-state index in [9.17, 15) is 20.0 Å². The summed E-state index contributed by atoms with van der Waals surface area (Å²) in [6.45, 7) is 2.25. The summed E-state index contributed by atoms with van der Waals surface area (Å²) in [6.07, 6.45) is 0.592. The molecule has 0 bridgehead atoms. The second kappa shape index (κ2) is 6.69. The van der Waals surface area contributed by atoms with Gasteiger partial charge in [-0.25, -0.2) is 0 Å². The number of aromatic hydroxyl groups is 1. The van der Waals surface area contributed by atoms with Crippen molar-refractivity contribution in [1.29, 1.82) is 0 Å². The first-order valence-corrected chi connectivity index (χ1v) is 5.73. The Kier molecular flexibility index (Phi) is 5.25. The van der Waals surface area contributed by atoms with Crippen LogP contribution < -0.4 is 5.32 Å². The van der Waals surface area contributed by atoms with Crippen molar-refractivity contribution in [2.75, 3.05) is 13.7 Å². The second-order valence-corrected chi connectivity index (χ2v) is 4.11. The van der Waals surface area contributed by atoms with Crippen molar-refractivity contribution in [3.63, 3.8) is 0 Å². The Hall–Kier alpha value is -2.15. The molecule has 1 rings (SSSR count). The highest BCUT2D eigenvalue weighted by Gasteiger charge is 2.21. The number of hydrogen-bond acceptors (Lipinski definition) is 5. The van der Waals surface area contributed by atoms with Gasteiger partial charge in [-0.05, 0) is 25.5 Å². The standard InChI is InChI=1S/C12H16N2O5/c1-8(5-6-19-2)13-12(16)10-7-9(15)3-4-11(10)14(17)18/h3-4,7-8,15H,5-6H2,1-2H3,(H,13,16). The van der Waals surface area contributed by atoms with Gasteiger partial charge in [-0.3, -0.25) is 14.9 Å². The fraction of sp³-hybridized carbons (Fsp3) is 0.417. The van der Waals surface area contributed by atoms with Crippen LogP contribution in [0, 0.1) is 10.1 Å². The van der Waals surface area contributed by atoms with Crippen LogP contribution in [0.25, 0.3) is 0 Å². The molecule has 1 atom stereocenters. The van der Waals surface area contributed by atoms with Crippen molar-refractivity contribution < 1.29 is 19.6 Å². The zero-order valence-corrected chi connectivity index (χ0v) is 10.8. The number of nitro groups is 1. The fourth-order valence-electron chi connectivity index (χ4n) is 1.53. The maximum Gasteiger partial charge on any atom is 0.282 e. The van der Waals surface area contributed by atoms with Crippen molar-refractivity contribution in [3.8, 4) is 5.75 Å². The van der Waals surface area contributed by atoms with Crippen LogP contribution in [-0.4, -0.2) is 35.7 Å². The first-order valence-electron chi connectivity index (χ1n) is 5.73. The predicted octanol–water partition coefficient (Wildman–Crippen LogP) is 1.46. The minimum atomic E-state index is -0.659. The average molecular weight is 268 g/mol. The van der Waals surface area contributed by atoms with Gasteiger partial charge in [-0.15, -0.1) is 0 Å². The van der Waals surface area contributed by atoms with Gasteiger partial charge in [0.15, 0.2) is 0 Å². The van der Waals surface area contributed by atoms with Gasteiger partial charge < -0.3 is 15.2 Å². The Labute approximate surface area is 110 Å². The lowest BCUT2D eigenvalue weighted by Crippen LogP contribution is -2.33. The van der Waals surface area contributed by atoms with E-state index in [-0.39, 0.29) is 23.0 Å². The molecule has 2 N–H and O–H groups in total. The Bertz CT molecular complexity index is 475. The lowest BCUT2D eigenvalue weighted by molar-refractivity contribution is -0.385. The molecule has 7 heteroatoms. The van der Waals surface area contributed by atoms with Crippen LogP contribution in [0.3, 0.4) is 0 Å². The largest absolute Gasteiger partial charge is 0.508 e. The average Bonchev–Trinajstić information content (AvgIpc) is 2.35. The SMILES string of the molecule is COCCC(C)NC(=O)c1cc(O)ccc1[N+](=O)[O-]. The molecule has 1 aromatic carbocycles. The summed E-state index contributed by atoms with van der Waals surface area (Å²) in [5, 5.41) is 22.8. The van der Waals surface area contributed by atoms with Gasteiger partial charge in [-0.1, -0.05) is 0 Å². The maximum atomic E-state index is 11.9. The molecule has 0 aromatic heterocycles. The van der Waals surface area contributed by atoms with Gasteiger partial charge in [0.25, 0.3) is 11.6 Å². The number of nitrogens with one attached hydrogen (secondary N) is 1. The quantitative estimate of drug-likeness (QED) is 0.600. The summed E-state index contributed by atoms with van der Waals surface area (Å²) in [5.74, 6) is -0.786. The lowest BCUT2D eigenvalue weighted by atomic mass is 10.1. The third-order valence-electron chi connectivity index (χ3n) is 2.55. The molecule has 19 heavy (non-hydrogen) atoms. The van der Waals surface area contributed by atoms with Crippen LogP contribution in [0.5, 0.6) is 5.75 Å². The molecule has 0 aliphatic heterocycles. The third kappa shape index (κ3) is 4.22. The maximum absolute atomic E-state index is 11.9.